The van der Waals surface area contributed by atoms with Crippen molar-refractivity contribution in [3.8, 4) is 0 Å². The molecule has 7 heteroatoms. The lowest BCUT2D eigenvalue weighted by Gasteiger charge is -2.35. The molecule has 0 radical (unpaired) electrons. The molecule has 1 heterocycles. The topological polar surface area (TPSA) is 15.3 Å². The third-order valence-corrected chi connectivity index (χ3v) is 3.78. The van der Waals surface area contributed by atoms with Crippen LogP contribution < -0.4 is 5.32 Å². The molecule has 21 heavy (non-hydrogen) atoms. The van der Waals surface area contributed by atoms with E-state index < -0.39 is 24.5 Å². The van der Waals surface area contributed by atoms with E-state index >= 15 is 0 Å². The molecule has 0 saturated carbocycles. The molecule has 1 N–H and O–H groups in total. The third-order valence-electron chi connectivity index (χ3n) is 3.56. The van der Waals surface area contributed by atoms with Crippen molar-refractivity contribution in [2.75, 3.05) is 26.2 Å². The zero-order valence-electron chi connectivity index (χ0n) is 11.4. The van der Waals surface area contributed by atoms with Crippen LogP contribution in [0.5, 0.6) is 0 Å². The van der Waals surface area contributed by atoms with Crippen molar-refractivity contribution in [3.05, 3.63) is 34.6 Å². The van der Waals surface area contributed by atoms with Gasteiger partial charge >= 0.3 is 6.18 Å². The number of hydrogen-bond donors (Lipinski definition) is 1. The van der Waals surface area contributed by atoms with Gasteiger partial charge < -0.3 is 5.32 Å². The van der Waals surface area contributed by atoms with E-state index in [1.54, 1.807) is 6.07 Å². The molecule has 0 amide bonds. The lowest BCUT2D eigenvalue weighted by atomic mass is 9.99. The molecule has 2 rings (SSSR count). The first kappa shape index (κ1) is 16.5. The minimum atomic E-state index is -4.22. The lowest BCUT2D eigenvalue weighted by molar-refractivity contribution is -0.138. The second-order valence-electron chi connectivity index (χ2n) is 5.16. The molecule has 1 saturated heterocycles. The molecule has 2 nitrogen and oxygen atoms in total. The first-order valence-electron chi connectivity index (χ1n) is 6.83. The van der Waals surface area contributed by atoms with Crippen molar-refractivity contribution in [2.45, 2.75) is 25.1 Å². The van der Waals surface area contributed by atoms with Gasteiger partial charge in [0.2, 0.25) is 0 Å². The Bertz CT molecular complexity index is 452. The van der Waals surface area contributed by atoms with Crippen LogP contribution in [-0.2, 0) is 0 Å². The molecule has 0 unspecified atom stereocenters. The minimum absolute atomic E-state index is 0.0940. The Kier molecular flexibility index (Phi) is 5.46. The minimum Gasteiger partial charge on any atom is -0.314 e. The summed E-state index contributed by atoms with van der Waals surface area (Å²) in [4.78, 5) is 1.95. The monoisotopic (exact) mass is 324 g/mol. The molecule has 1 aliphatic rings. The highest BCUT2D eigenvalue weighted by atomic mass is 35.5. The zero-order valence-corrected chi connectivity index (χ0v) is 12.1. The van der Waals surface area contributed by atoms with Gasteiger partial charge in [-0.2, -0.15) is 13.2 Å². The fourth-order valence-electron chi connectivity index (χ4n) is 2.62. The molecule has 118 valence electrons. The van der Waals surface area contributed by atoms with Crippen molar-refractivity contribution in [1.82, 2.24) is 10.2 Å². The van der Waals surface area contributed by atoms with Gasteiger partial charge in [0.15, 0.2) is 0 Å². The van der Waals surface area contributed by atoms with E-state index in [4.69, 9.17) is 11.6 Å². The van der Waals surface area contributed by atoms with Gasteiger partial charge in [-0.1, -0.05) is 11.6 Å². The average molecular weight is 325 g/mol. The van der Waals surface area contributed by atoms with E-state index in [0.717, 1.165) is 6.07 Å². The Labute approximate surface area is 126 Å². The van der Waals surface area contributed by atoms with Gasteiger partial charge in [-0.3, -0.25) is 4.90 Å². The van der Waals surface area contributed by atoms with Crippen LogP contribution in [0.1, 0.15) is 24.4 Å². The summed E-state index contributed by atoms with van der Waals surface area (Å²) in [6.07, 6.45) is -5.21. The van der Waals surface area contributed by atoms with Crippen LogP contribution in [0.25, 0.3) is 0 Å². The fourth-order valence-corrected chi connectivity index (χ4v) is 2.85. The number of rotatable bonds is 4. The molecule has 0 aromatic heterocycles. The van der Waals surface area contributed by atoms with Crippen molar-refractivity contribution < 1.29 is 17.6 Å². The smallest absolute Gasteiger partial charge is 0.314 e. The number of nitrogens with zero attached hydrogens (tertiary/aromatic N) is 1. The number of benzene rings is 1. The molecular formula is C14H17ClF4N2. The summed E-state index contributed by atoms with van der Waals surface area (Å²) in [6, 6.07) is 3.51. The summed E-state index contributed by atoms with van der Waals surface area (Å²) >= 11 is 5.83. The van der Waals surface area contributed by atoms with Crippen LogP contribution >= 0.6 is 11.6 Å². The van der Waals surface area contributed by atoms with Crippen LogP contribution in [0, 0.1) is 5.82 Å². The number of nitrogens with one attached hydrogen (secondary N) is 1. The van der Waals surface area contributed by atoms with E-state index in [2.05, 4.69) is 5.32 Å². The van der Waals surface area contributed by atoms with Gasteiger partial charge in [-0.25, -0.2) is 4.39 Å². The largest absolute Gasteiger partial charge is 0.389 e. The van der Waals surface area contributed by atoms with Crippen LogP contribution in [0.3, 0.4) is 0 Å². The summed E-state index contributed by atoms with van der Waals surface area (Å²) < 4.78 is 51.1. The molecule has 0 bridgehead atoms. The number of hydrogen-bond acceptors (Lipinski definition) is 2. The Hall–Kier alpha value is -0.850. The standard InChI is InChI=1S/C14H17ClF4N2/c15-11-7-10(8-12(16)9-11)13(1-2-14(17,18)19)21-5-3-20-4-6-21/h7-9,13,20H,1-6H2/t13-/m0/s1. The quantitative estimate of drug-likeness (QED) is 0.848. The molecule has 1 fully saturated rings. The highest BCUT2D eigenvalue weighted by molar-refractivity contribution is 6.30. The second-order valence-corrected chi connectivity index (χ2v) is 5.59. The number of alkyl halides is 3. The number of piperazine rings is 1. The second kappa shape index (κ2) is 6.94. The summed E-state index contributed by atoms with van der Waals surface area (Å²) in [5.41, 5.74) is 0.506. The summed E-state index contributed by atoms with van der Waals surface area (Å²) in [5.74, 6) is -0.523. The lowest BCUT2D eigenvalue weighted by Crippen LogP contribution is -2.45. The van der Waals surface area contributed by atoms with Crippen LogP contribution in [0.4, 0.5) is 17.6 Å². The predicted molar refractivity (Wildman–Crippen MR) is 73.9 cm³/mol. The van der Waals surface area contributed by atoms with Crippen LogP contribution in [0.15, 0.2) is 18.2 Å². The van der Waals surface area contributed by atoms with Gasteiger partial charge in [-0.05, 0) is 30.2 Å². The van der Waals surface area contributed by atoms with Crippen molar-refractivity contribution >= 4 is 11.6 Å². The maximum absolute atomic E-state index is 13.5. The van der Waals surface area contributed by atoms with E-state index in [9.17, 15) is 17.6 Å². The Morgan fingerprint density at radius 2 is 1.86 bits per heavy atom. The third kappa shape index (κ3) is 5.13. The molecule has 1 aliphatic heterocycles. The SMILES string of the molecule is Fc1cc(Cl)cc([C@H](CCC(F)(F)F)N2CCNCC2)c1. The highest BCUT2D eigenvalue weighted by Crippen LogP contribution is 2.33. The van der Waals surface area contributed by atoms with Crippen LogP contribution in [0.2, 0.25) is 5.02 Å². The normalized spacial score (nSPS) is 18.7. The Balaban J connectivity index is 2.21. The molecule has 1 aromatic carbocycles. The van der Waals surface area contributed by atoms with Crippen molar-refractivity contribution in [3.63, 3.8) is 0 Å². The van der Waals surface area contributed by atoms with E-state index in [1.165, 1.54) is 6.07 Å². The maximum Gasteiger partial charge on any atom is 0.389 e. The average Bonchev–Trinajstić information content (AvgIpc) is 2.37. The van der Waals surface area contributed by atoms with Crippen molar-refractivity contribution in [1.29, 1.82) is 0 Å². The molecule has 1 atom stereocenters. The summed E-state index contributed by atoms with van der Waals surface area (Å²) in [5, 5.41) is 3.36. The first-order valence-corrected chi connectivity index (χ1v) is 7.20. The Morgan fingerprint density at radius 3 is 2.43 bits per heavy atom. The van der Waals surface area contributed by atoms with E-state index in [0.29, 0.717) is 31.7 Å². The van der Waals surface area contributed by atoms with Gasteiger partial charge in [0.25, 0.3) is 0 Å². The number of halogens is 5. The maximum atomic E-state index is 13.5. The first-order chi connectivity index (χ1) is 9.85. The summed E-state index contributed by atoms with van der Waals surface area (Å²) in [7, 11) is 0. The van der Waals surface area contributed by atoms with Crippen LogP contribution in [-0.4, -0.2) is 37.3 Å². The molecule has 0 spiro atoms. The van der Waals surface area contributed by atoms with Gasteiger partial charge in [0.1, 0.15) is 5.82 Å². The summed E-state index contributed by atoms with van der Waals surface area (Å²) in [6.45, 7) is 2.70. The van der Waals surface area contributed by atoms with E-state index in [1.807, 2.05) is 4.90 Å². The zero-order chi connectivity index (χ0) is 15.5. The molecule has 1 aromatic rings. The predicted octanol–water partition coefficient (Wildman–Crippen LogP) is 3.77. The Morgan fingerprint density at radius 1 is 1.19 bits per heavy atom. The van der Waals surface area contributed by atoms with Gasteiger partial charge in [0, 0.05) is 43.7 Å². The van der Waals surface area contributed by atoms with Crippen molar-refractivity contribution in [2.24, 2.45) is 0 Å². The molecule has 0 aliphatic carbocycles. The fraction of sp³-hybridized carbons (Fsp3) is 0.571. The molecular weight excluding hydrogens is 308 g/mol. The van der Waals surface area contributed by atoms with E-state index in [-0.39, 0.29) is 11.4 Å². The van der Waals surface area contributed by atoms with Gasteiger partial charge in [0.05, 0.1) is 0 Å². The van der Waals surface area contributed by atoms with Gasteiger partial charge in [-0.15, -0.1) is 0 Å². The highest BCUT2D eigenvalue weighted by Gasteiger charge is 2.31.